The van der Waals surface area contributed by atoms with Gasteiger partial charge in [-0.05, 0) is 18.6 Å². The molecule has 1 aromatic carbocycles. The average Bonchev–Trinajstić information content (AvgIpc) is 2.27. The van der Waals surface area contributed by atoms with Crippen molar-refractivity contribution in [3.8, 4) is 0 Å². The Morgan fingerprint density at radius 1 is 1.40 bits per heavy atom. The fourth-order valence-corrected chi connectivity index (χ4v) is 1.19. The summed E-state index contributed by atoms with van der Waals surface area (Å²) in [4.78, 5) is 21.6. The normalized spacial score (nSPS) is 12.1. The van der Waals surface area contributed by atoms with E-state index in [1.54, 1.807) is 19.2 Å². The Bertz CT molecular complexity index is 384. The van der Waals surface area contributed by atoms with Crippen molar-refractivity contribution in [2.24, 2.45) is 0 Å². The Morgan fingerprint density at radius 3 is 2.60 bits per heavy atom. The standard InChI is InChI=1S/C11H12O4/c1-7(15-2)8-4-3-5-9(6-8)10(12)11(13)14/h3-7H,1-2H3,(H,13,14). The Balaban J connectivity index is 3.02. The van der Waals surface area contributed by atoms with Crippen molar-refractivity contribution >= 4 is 11.8 Å². The fraction of sp³-hybridized carbons (Fsp3) is 0.273. The van der Waals surface area contributed by atoms with Crippen LogP contribution in [0, 0.1) is 0 Å². The molecule has 1 N–H and O–H groups in total. The summed E-state index contributed by atoms with van der Waals surface area (Å²) in [5, 5.41) is 8.54. The Hall–Kier alpha value is -1.68. The molecule has 0 saturated carbocycles. The Morgan fingerprint density at radius 2 is 2.07 bits per heavy atom. The molecule has 0 spiro atoms. The smallest absolute Gasteiger partial charge is 0.377 e. The minimum atomic E-state index is -1.45. The van der Waals surface area contributed by atoms with Gasteiger partial charge in [-0.2, -0.15) is 0 Å². The number of aliphatic carboxylic acids is 1. The molecule has 0 aliphatic heterocycles. The third kappa shape index (κ3) is 2.63. The predicted octanol–water partition coefficient (Wildman–Crippen LogP) is 1.66. The summed E-state index contributed by atoms with van der Waals surface area (Å²) in [6.45, 7) is 1.82. The summed E-state index contributed by atoms with van der Waals surface area (Å²) in [7, 11) is 1.55. The molecule has 1 unspecified atom stereocenters. The van der Waals surface area contributed by atoms with Gasteiger partial charge in [-0.1, -0.05) is 18.2 Å². The predicted molar refractivity (Wildman–Crippen MR) is 53.8 cm³/mol. The van der Waals surface area contributed by atoms with Crippen molar-refractivity contribution in [2.75, 3.05) is 7.11 Å². The van der Waals surface area contributed by atoms with Crippen LogP contribution in [0.1, 0.15) is 28.9 Å². The second-order valence-corrected chi connectivity index (χ2v) is 3.14. The minimum absolute atomic E-state index is 0.161. The highest BCUT2D eigenvalue weighted by Crippen LogP contribution is 2.17. The first-order valence-corrected chi connectivity index (χ1v) is 4.46. The molecular weight excluding hydrogens is 196 g/mol. The molecule has 1 aromatic rings. The van der Waals surface area contributed by atoms with Crippen molar-refractivity contribution in [3.05, 3.63) is 35.4 Å². The van der Waals surface area contributed by atoms with Crippen molar-refractivity contribution < 1.29 is 19.4 Å². The summed E-state index contributed by atoms with van der Waals surface area (Å²) in [6, 6.07) is 6.43. The molecule has 0 bridgehead atoms. The molecular formula is C11H12O4. The van der Waals surface area contributed by atoms with Gasteiger partial charge in [-0.25, -0.2) is 4.79 Å². The summed E-state index contributed by atoms with van der Waals surface area (Å²) < 4.78 is 5.07. The zero-order chi connectivity index (χ0) is 11.4. The number of Topliss-reactive ketones (excluding diaryl/α,β-unsaturated/α-hetero) is 1. The SMILES string of the molecule is COC(C)c1cccc(C(=O)C(=O)O)c1. The lowest BCUT2D eigenvalue weighted by Gasteiger charge is -2.10. The van der Waals surface area contributed by atoms with Crippen molar-refractivity contribution in [2.45, 2.75) is 13.0 Å². The molecule has 0 amide bonds. The second-order valence-electron chi connectivity index (χ2n) is 3.14. The Kier molecular flexibility index (Phi) is 3.57. The van der Waals surface area contributed by atoms with E-state index >= 15 is 0 Å². The first-order valence-electron chi connectivity index (χ1n) is 4.46. The number of rotatable bonds is 4. The van der Waals surface area contributed by atoms with E-state index in [1.807, 2.05) is 6.92 Å². The molecule has 0 aliphatic rings. The topological polar surface area (TPSA) is 63.6 Å². The number of methoxy groups -OCH3 is 1. The lowest BCUT2D eigenvalue weighted by Crippen LogP contribution is -2.13. The van der Waals surface area contributed by atoms with E-state index in [2.05, 4.69) is 0 Å². The van der Waals surface area contributed by atoms with Gasteiger partial charge in [0.1, 0.15) is 0 Å². The summed E-state index contributed by atoms with van der Waals surface area (Å²) in [6.07, 6.45) is -0.161. The maximum atomic E-state index is 11.2. The van der Waals surface area contributed by atoms with Crippen LogP contribution in [0.2, 0.25) is 0 Å². The second kappa shape index (κ2) is 4.70. The fourth-order valence-electron chi connectivity index (χ4n) is 1.19. The molecule has 0 saturated heterocycles. The number of carbonyl (C=O) groups excluding carboxylic acids is 1. The lowest BCUT2D eigenvalue weighted by atomic mass is 10.0. The van der Waals surface area contributed by atoms with Crippen LogP contribution < -0.4 is 0 Å². The largest absolute Gasteiger partial charge is 0.475 e. The van der Waals surface area contributed by atoms with E-state index in [0.717, 1.165) is 5.56 Å². The van der Waals surface area contributed by atoms with Crippen molar-refractivity contribution in [1.82, 2.24) is 0 Å². The number of carbonyl (C=O) groups is 2. The molecule has 1 atom stereocenters. The third-order valence-electron chi connectivity index (χ3n) is 2.17. The maximum Gasteiger partial charge on any atom is 0.377 e. The van der Waals surface area contributed by atoms with Crippen LogP contribution in [0.25, 0.3) is 0 Å². The van der Waals surface area contributed by atoms with E-state index in [-0.39, 0.29) is 11.7 Å². The van der Waals surface area contributed by atoms with Gasteiger partial charge in [-0.3, -0.25) is 4.79 Å². The zero-order valence-electron chi connectivity index (χ0n) is 8.56. The van der Waals surface area contributed by atoms with Crippen LogP contribution in [0.3, 0.4) is 0 Å². The van der Waals surface area contributed by atoms with Gasteiger partial charge >= 0.3 is 5.97 Å². The van der Waals surface area contributed by atoms with Gasteiger partial charge in [0, 0.05) is 12.7 Å². The maximum absolute atomic E-state index is 11.2. The number of carboxylic acid groups (broad SMARTS) is 1. The molecule has 15 heavy (non-hydrogen) atoms. The summed E-state index contributed by atoms with van der Waals surface area (Å²) >= 11 is 0. The van der Waals surface area contributed by atoms with Crippen LogP contribution in [-0.2, 0) is 9.53 Å². The van der Waals surface area contributed by atoms with Crippen molar-refractivity contribution in [3.63, 3.8) is 0 Å². The summed E-state index contributed by atoms with van der Waals surface area (Å²) in [5.41, 5.74) is 0.952. The van der Waals surface area contributed by atoms with Gasteiger partial charge in [0.25, 0.3) is 5.78 Å². The highest BCUT2D eigenvalue weighted by Gasteiger charge is 2.15. The molecule has 0 aliphatic carbocycles. The number of hydrogen-bond acceptors (Lipinski definition) is 3. The third-order valence-corrected chi connectivity index (χ3v) is 2.17. The van der Waals surface area contributed by atoms with Gasteiger partial charge in [-0.15, -0.1) is 0 Å². The monoisotopic (exact) mass is 208 g/mol. The van der Waals surface area contributed by atoms with Crippen LogP contribution in [0.4, 0.5) is 0 Å². The van der Waals surface area contributed by atoms with E-state index in [9.17, 15) is 9.59 Å². The molecule has 0 radical (unpaired) electrons. The van der Waals surface area contributed by atoms with Crippen molar-refractivity contribution in [1.29, 1.82) is 0 Å². The number of ketones is 1. The molecule has 0 fully saturated rings. The summed E-state index contributed by atoms with van der Waals surface area (Å²) in [5.74, 6) is -2.35. The van der Waals surface area contributed by atoms with Gasteiger partial charge in [0.2, 0.25) is 0 Å². The highest BCUT2D eigenvalue weighted by molar-refractivity contribution is 6.39. The molecule has 0 aromatic heterocycles. The molecule has 1 rings (SSSR count). The van der Waals surface area contributed by atoms with Gasteiger partial charge in [0.05, 0.1) is 6.10 Å². The van der Waals surface area contributed by atoms with Crippen LogP contribution in [0.5, 0.6) is 0 Å². The highest BCUT2D eigenvalue weighted by atomic mass is 16.5. The quantitative estimate of drug-likeness (QED) is 0.603. The van der Waals surface area contributed by atoms with E-state index in [4.69, 9.17) is 9.84 Å². The molecule has 4 nitrogen and oxygen atoms in total. The van der Waals surface area contributed by atoms with Crippen LogP contribution in [0.15, 0.2) is 24.3 Å². The number of carboxylic acids is 1. The van der Waals surface area contributed by atoms with E-state index in [1.165, 1.54) is 12.1 Å². The molecule has 4 heteroatoms. The van der Waals surface area contributed by atoms with Crippen LogP contribution >= 0.6 is 0 Å². The lowest BCUT2D eigenvalue weighted by molar-refractivity contribution is -0.131. The average molecular weight is 208 g/mol. The van der Waals surface area contributed by atoms with E-state index in [0.29, 0.717) is 0 Å². The van der Waals surface area contributed by atoms with Gasteiger partial charge in [0.15, 0.2) is 0 Å². The molecule has 0 heterocycles. The van der Waals surface area contributed by atoms with Gasteiger partial charge < -0.3 is 9.84 Å². The number of ether oxygens (including phenoxy) is 1. The zero-order valence-corrected chi connectivity index (χ0v) is 8.56. The Labute approximate surface area is 87.5 Å². The number of hydrogen-bond donors (Lipinski definition) is 1. The first-order chi connectivity index (χ1) is 7.06. The van der Waals surface area contributed by atoms with Crippen LogP contribution in [-0.4, -0.2) is 24.0 Å². The van der Waals surface area contributed by atoms with E-state index < -0.39 is 11.8 Å². The number of benzene rings is 1. The minimum Gasteiger partial charge on any atom is -0.475 e. The molecule has 80 valence electrons. The first kappa shape index (κ1) is 11.4.